The molecule has 0 saturated carbocycles. The van der Waals surface area contributed by atoms with Gasteiger partial charge < -0.3 is 15.0 Å². The second kappa shape index (κ2) is 7.28. The first-order valence-electron chi connectivity index (χ1n) is 9.13. The van der Waals surface area contributed by atoms with Crippen molar-refractivity contribution >= 4 is 17.3 Å². The summed E-state index contributed by atoms with van der Waals surface area (Å²) in [5.41, 5.74) is 4.56. The number of nitrogens with one attached hydrogen (secondary N) is 1. The monoisotopic (exact) mass is 336 g/mol. The molecule has 1 heterocycles. The van der Waals surface area contributed by atoms with Crippen LogP contribution in [0.25, 0.3) is 0 Å². The third kappa shape index (κ3) is 3.54. The number of carbonyl (C=O) groups is 1. The van der Waals surface area contributed by atoms with Gasteiger partial charge >= 0.3 is 0 Å². The first-order chi connectivity index (χ1) is 12.3. The molecule has 1 saturated heterocycles. The molecule has 1 amide bonds. The Morgan fingerprint density at radius 2 is 1.80 bits per heavy atom. The maximum absolute atomic E-state index is 12.8. The predicted octanol–water partition coefficient (Wildman–Crippen LogP) is 3.58. The molecule has 2 aromatic rings. The Balaban J connectivity index is 1.44. The number of anilines is 2. The lowest BCUT2D eigenvalue weighted by molar-refractivity contribution is -0.117. The molecule has 1 unspecified atom stereocenters. The van der Waals surface area contributed by atoms with Crippen molar-refractivity contribution in [3.8, 4) is 0 Å². The number of hydrogen-bond donors (Lipinski definition) is 1. The van der Waals surface area contributed by atoms with Crippen molar-refractivity contribution in [1.29, 1.82) is 0 Å². The molecule has 1 fully saturated rings. The van der Waals surface area contributed by atoms with Crippen LogP contribution in [0.1, 0.15) is 29.9 Å². The molecule has 4 nitrogen and oxygen atoms in total. The average molecular weight is 336 g/mol. The average Bonchev–Trinajstić information content (AvgIpc) is 2.69. The SMILES string of the molecule is O=C(Nc1ccc(N2CCOCC2)cc1)C1CCCc2ccccc21. The summed E-state index contributed by atoms with van der Waals surface area (Å²) in [5, 5.41) is 3.10. The highest BCUT2D eigenvalue weighted by molar-refractivity contribution is 5.96. The largest absolute Gasteiger partial charge is 0.378 e. The van der Waals surface area contributed by atoms with Crippen LogP contribution >= 0.6 is 0 Å². The number of carbonyl (C=O) groups excluding carboxylic acids is 1. The smallest absolute Gasteiger partial charge is 0.231 e. The van der Waals surface area contributed by atoms with E-state index in [1.807, 2.05) is 18.2 Å². The summed E-state index contributed by atoms with van der Waals surface area (Å²) in [6, 6.07) is 16.5. The maximum atomic E-state index is 12.8. The van der Waals surface area contributed by atoms with Crippen molar-refractivity contribution in [2.45, 2.75) is 25.2 Å². The number of hydrogen-bond acceptors (Lipinski definition) is 3. The lowest BCUT2D eigenvalue weighted by Crippen LogP contribution is -2.36. The van der Waals surface area contributed by atoms with E-state index in [1.54, 1.807) is 0 Å². The number of nitrogens with zero attached hydrogens (tertiary/aromatic N) is 1. The predicted molar refractivity (Wildman–Crippen MR) is 100 cm³/mol. The second-order valence-electron chi connectivity index (χ2n) is 6.78. The van der Waals surface area contributed by atoms with Crippen LogP contribution in [0.2, 0.25) is 0 Å². The molecule has 4 heteroatoms. The summed E-state index contributed by atoms with van der Waals surface area (Å²) < 4.78 is 5.39. The number of benzene rings is 2. The Labute approximate surface area is 148 Å². The summed E-state index contributed by atoms with van der Waals surface area (Å²) in [4.78, 5) is 15.1. The van der Waals surface area contributed by atoms with Gasteiger partial charge in [-0.05, 0) is 54.7 Å². The molecular formula is C21H24N2O2. The quantitative estimate of drug-likeness (QED) is 0.931. The lowest BCUT2D eigenvalue weighted by atomic mass is 9.82. The molecule has 0 aromatic heterocycles. The van der Waals surface area contributed by atoms with Crippen LogP contribution in [0.4, 0.5) is 11.4 Å². The summed E-state index contributed by atoms with van der Waals surface area (Å²) >= 11 is 0. The van der Waals surface area contributed by atoms with E-state index in [0.29, 0.717) is 0 Å². The molecule has 1 atom stereocenters. The zero-order chi connectivity index (χ0) is 17.1. The molecule has 0 bridgehead atoms. The van der Waals surface area contributed by atoms with Crippen LogP contribution in [0.5, 0.6) is 0 Å². The third-order valence-corrected chi connectivity index (χ3v) is 5.20. The molecule has 1 aliphatic heterocycles. The Kier molecular flexibility index (Phi) is 4.70. The first kappa shape index (κ1) is 16.2. The molecule has 4 rings (SSSR count). The molecule has 1 N–H and O–H groups in total. The summed E-state index contributed by atoms with van der Waals surface area (Å²) in [7, 11) is 0. The second-order valence-corrected chi connectivity index (χ2v) is 6.78. The molecular weight excluding hydrogens is 312 g/mol. The van der Waals surface area contributed by atoms with Gasteiger partial charge in [0.15, 0.2) is 0 Å². The van der Waals surface area contributed by atoms with E-state index in [4.69, 9.17) is 4.74 Å². The fourth-order valence-electron chi connectivity index (χ4n) is 3.83. The Morgan fingerprint density at radius 1 is 1.04 bits per heavy atom. The molecule has 2 aromatic carbocycles. The van der Waals surface area contributed by atoms with Crippen molar-refractivity contribution in [2.75, 3.05) is 36.5 Å². The van der Waals surface area contributed by atoms with Gasteiger partial charge in [0.1, 0.15) is 0 Å². The fourth-order valence-corrected chi connectivity index (χ4v) is 3.83. The number of ether oxygens (including phenoxy) is 1. The van der Waals surface area contributed by atoms with Gasteiger partial charge in [-0.2, -0.15) is 0 Å². The molecule has 25 heavy (non-hydrogen) atoms. The topological polar surface area (TPSA) is 41.6 Å². The van der Waals surface area contributed by atoms with E-state index in [-0.39, 0.29) is 11.8 Å². The number of morpholine rings is 1. The highest BCUT2D eigenvalue weighted by atomic mass is 16.5. The molecule has 130 valence electrons. The number of fused-ring (bicyclic) bond motifs is 1. The van der Waals surface area contributed by atoms with E-state index >= 15 is 0 Å². The van der Waals surface area contributed by atoms with Crippen LogP contribution in [0.15, 0.2) is 48.5 Å². The third-order valence-electron chi connectivity index (χ3n) is 5.20. The highest BCUT2D eigenvalue weighted by Crippen LogP contribution is 2.32. The Bertz CT molecular complexity index is 736. The van der Waals surface area contributed by atoms with Gasteiger partial charge in [0.2, 0.25) is 5.91 Å². The summed E-state index contributed by atoms with van der Waals surface area (Å²) in [6.07, 6.45) is 3.08. The summed E-state index contributed by atoms with van der Waals surface area (Å²) in [6.45, 7) is 3.40. The van der Waals surface area contributed by atoms with Gasteiger partial charge in [-0.25, -0.2) is 0 Å². The highest BCUT2D eigenvalue weighted by Gasteiger charge is 2.26. The number of amides is 1. The van der Waals surface area contributed by atoms with Gasteiger partial charge in [-0.3, -0.25) is 4.79 Å². The fraction of sp³-hybridized carbons (Fsp3) is 0.381. The minimum absolute atomic E-state index is 0.0381. The van der Waals surface area contributed by atoms with Gasteiger partial charge in [0, 0.05) is 24.5 Å². The van der Waals surface area contributed by atoms with Crippen molar-refractivity contribution in [3.63, 3.8) is 0 Å². The first-order valence-corrected chi connectivity index (χ1v) is 9.13. The van der Waals surface area contributed by atoms with Gasteiger partial charge in [0.25, 0.3) is 0 Å². The van der Waals surface area contributed by atoms with Gasteiger partial charge in [0.05, 0.1) is 19.1 Å². The normalized spacial score (nSPS) is 20.0. The number of aryl methyl sites for hydroxylation is 1. The molecule has 0 radical (unpaired) electrons. The maximum Gasteiger partial charge on any atom is 0.231 e. The molecule has 2 aliphatic rings. The Morgan fingerprint density at radius 3 is 2.60 bits per heavy atom. The molecule has 0 spiro atoms. The van der Waals surface area contributed by atoms with Crippen molar-refractivity contribution in [1.82, 2.24) is 0 Å². The van der Waals surface area contributed by atoms with Crippen LogP contribution in [0.3, 0.4) is 0 Å². The van der Waals surface area contributed by atoms with Gasteiger partial charge in [-0.1, -0.05) is 24.3 Å². The van der Waals surface area contributed by atoms with Crippen LogP contribution in [-0.4, -0.2) is 32.2 Å². The van der Waals surface area contributed by atoms with E-state index in [2.05, 4.69) is 40.5 Å². The van der Waals surface area contributed by atoms with Crippen molar-refractivity contribution in [3.05, 3.63) is 59.7 Å². The minimum atomic E-state index is -0.0381. The van der Waals surface area contributed by atoms with E-state index < -0.39 is 0 Å². The van der Waals surface area contributed by atoms with Crippen LogP contribution < -0.4 is 10.2 Å². The van der Waals surface area contributed by atoms with Crippen molar-refractivity contribution in [2.24, 2.45) is 0 Å². The zero-order valence-electron chi connectivity index (χ0n) is 14.4. The minimum Gasteiger partial charge on any atom is -0.378 e. The van der Waals surface area contributed by atoms with Gasteiger partial charge in [-0.15, -0.1) is 0 Å². The lowest BCUT2D eigenvalue weighted by Gasteiger charge is -2.29. The van der Waals surface area contributed by atoms with E-state index in [9.17, 15) is 4.79 Å². The van der Waals surface area contributed by atoms with Crippen LogP contribution in [-0.2, 0) is 16.0 Å². The Hall–Kier alpha value is -2.33. The zero-order valence-corrected chi connectivity index (χ0v) is 14.4. The molecule has 1 aliphatic carbocycles. The number of rotatable bonds is 3. The standard InChI is InChI=1S/C21H24N2O2/c24-21(20-7-3-5-16-4-1-2-6-19(16)20)22-17-8-10-18(11-9-17)23-12-14-25-15-13-23/h1-2,4,6,8-11,20H,3,5,7,12-15H2,(H,22,24). The van der Waals surface area contributed by atoms with E-state index in [1.165, 1.54) is 16.8 Å². The van der Waals surface area contributed by atoms with Crippen molar-refractivity contribution < 1.29 is 9.53 Å². The summed E-state index contributed by atoms with van der Waals surface area (Å²) in [5.74, 6) is 0.0649. The van der Waals surface area contributed by atoms with Crippen LogP contribution in [0, 0.1) is 0 Å². The van der Waals surface area contributed by atoms with E-state index in [0.717, 1.165) is 51.3 Å².